The second-order valence-electron chi connectivity index (χ2n) is 6.13. The van der Waals surface area contributed by atoms with Gasteiger partial charge >= 0.3 is 0 Å². The Labute approximate surface area is 190 Å². The molecule has 0 atom stereocenters. The molecule has 1 aliphatic heterocycles. The third kappa shape index (κ3) is 3.77. The Morgan fingerprint density at radius 2 is 2.07 bits per heavy atom. The number of phenolic OH excluding ortho intramolecular Hbond substituents is 1. The summed E-state index contributed by atoms with van der Waals surface area (Å²) < 4.78 is 6.15. The molecule has 30 heavy (non-hydrogen) atoms. The minimum atomic E-state index is -0.509. The van der Waals surface area contributed by atoms with Crippen LogP contribution < -0.4 is 10.2 Å². The number of benzene rings is 2. The fourth-order valence-electron chi connectivity index (χ4n) is 2.81. The molecular formula is C20H13ClN2O4S3. The molecule has 1 aliphatic rings. The molecule has 2 aromatic carbocycles. The maximum atomic E-state index is 12.8. The van der Waals surface area contributed by atoms with E-state index in [-0.39, 0.29) is 15.8 Å². The van der Waals surface area contributed by atoms with E-state index in [0.717, 1.165) is 26.9 Å². The van der Waals surface area contributed by atoms with Crippen LogP contribution in [0.3, 0.4) is 0 Å². The SMILES string of the molecule is COc1cc(/C=C2\SC(=S)N(NC(=O)c3sc4ccccc4c3Cl)C2=O)ccc1O. The first-order valence-electron chi connectivity index (χ1n) is 8.52. The lowest BCUT2D eigenvalue weighted by molar-refractivity contribution is -0.123. The van der Waals surface area contributed by atoms with Crippen LogP contribution in [0.4, 0.5) is 0 Å². The number of carbonyl (C=O) groups is 2. The molecule has 152 valence electrons. The molecular weight excluding hydrogens is 464 g/mol. The van der Waals surface area contributed by atoms with Crippen LogP contribution in [0.15, 0.2) is 47.4 Å². The van der Waals surface area contributed by atoms with Gasteiger partial charge in [0.2, 0.25) is 0 Å². The van der Waals surface area contributed by atoms with Crippen molar-refractivity contribution in [1.29, 1.82) is 0 Å². The van der Waals surface area contributed by atoms with Crippen LogP contribution in [-0.4, -0.2) is 33.4 Å². The number of carbonyl (C=O) groups excluding carboxylic acids is 2. The first kappa shape index (κ1) is 20.7. The number of rotatable bonds is 4. The number of hydrogen-bond acceptors (Lipinski definition) is 7. The number of nitrogens with zero attached hydrogens (tertiary/aromatic N) is 1. The summed E-state index contributed by atoms with van der Waals surface area (Å²) in [5.74, 6) is -0.686. The summed E-state index contributed by atoms with van der Waals surface area (Å²) in [6.45, 7) is 0. The van der Waals surface area contributed by atoms with Gasteiger partial charge in [-0.15, -0.1) is 11.3 Å². The molecule has 1 aromatic heterocycles. The standard InChI is InChI=1S/C20H13ClN2O4S3/c1-27-13-8-10(6-7-12(13)24)9-15-19(26)23(20(28)30-15)22-18(25)17-16(21)11-4-2-3-5-14(11)29-17/h2-9,24H,1H3,(H,22,25)/b15-9-. The monoisotopic (exact) mass is 476 g/mol. The van der Waals surface area contributed by atoms with Gasteiger partial charge in [0.15, 0.2) is 15.8 Å². The van der Waals surface area contributed by atoms with E-state index in [1.165, 1.54) is 24.5 Å². The smallest absolute Gasteiger partial charge is 0.285 e. The van der Waals surface area contributed by atoms with Crippen molar-refractivity contribution in [2.45, 2.75) is 0 Å². The minimum Gasteiger partial charge on any atom is -0.504 e. The average molecular weight is 477 g/mol. The molecule has 0 spiro atoms. The molecule has 2 heterocycles. The van der Waals surface area contributed by atoms with Crippen molar-refractivity contribution in [2.75, 3.05) is 7.11 Å². The van der Waals surface area contributed by atoms with Gasteiger partial charge in [-0.1, -0.05) is 47.6 Å². The molecule has 10 heteroatoms. The number of thioether (sulfide) groups is 1. The zero-order chi connectivity index (χ0) is 21.4. The largest absolute Gasteiger partial charge is 0.504 e. The fraction of sp³-hybridized carbons (Fsp3) is 0.0500. The summed E-state index contributed by atoms with van der Waals surface area (Å²) in [7, 11) is 1.44. The van der Waals surface area contributed by atoms with E-state index in [9.17, 15) is 14.7 Å². The van der Waals surface area contributed by atoms with E-state index in [1.54, 1.807) is 18.2 Å². The summed E-state index contributed by atoms with van der Waals surface area (Å²) in [6, 6.07) is 12.1. The van der Waals surface area contributed by atoms with Gasteiger partial charge in [-0.05, 0) is 42.1 Å². The number of thiophene rings is 1. The number of fused-ring (bicyclic) bond motifs is 1. The van der Waals surface area contributed by atoms with E-state index in [1.807, 2.05) is 24.3 Å². The third-order valence-electron chi connectivity index (χ3n) is 4.25. The number of thiocarbonyl (C=S) groups is 1. The highest BCUT2D eigenvalue weighted by atomic mass is 35.5. The van der Waals surface area contributed by atoms with Crippen molar-refractivity contribution >= 4 is 79.2 Å². The normalized spacial score (nSPS) is 15.3. The number of ether oxygens (including phenoxy) is 1. The molecule has 0 saturated carbocycles. The van der Waals surface area contributed by atoms with E-state index < -0.39 is 11.8 Å². The van der Waals surface area contributed by atoms with Crippen LogP contribution in [0.1, 0.15) is 15.2 Å². The minimum absolute atomic E-state index is 0.00493. The molecule has 2 amide bonds. The maximum absolute atomic E-state index is 12.8. The zero-order valence-electron chi connectivity index (χ0n) is 15.3. The van der Waals surface area contributed by atoms with Crippen LogP contribution in [0.5, 0.6) is 11.5 Å². The summed E-state index contributed by atoms with van der Waals surface area (Å²) in [5, 5.41) is 11.9. The first-order valence-corrected chi connectivity index (χ1v) is 10.9. The predicted molar refractivity (Wildman–Crippen MR) is 124 cm³/mol. The number of aromatic hydroxyl groups is 1. The first-order chi connectivity index (χ1) is 14.4. The van der Waals surface area contributed by atoms with Crippen LogP contribution in [0, 0.1) is 0 Å². The number of amides is 2. The highest BCUT2D eigenvalue weighted by Crippen LogP contribution is 2.36. The summed E-state index contributed by atoms with van der Waals surface area (Å²) in [6.07, 6.45) is 1.61. The maximum Gasteiger partial charge on any atom is 0.285 e. The molecule has 0 bridgehead atoms. The van der Waals surface area contributed by atoms with Crippen molar-refractivity contribution < 1.29 is 19.4 Å². The Hall–Kier alpha value is -2.59. The van der Waals surface area contributed by atoms with Gasteiger partial charge < -0.3 is 9.84 Å². The Morgan fingerprint density at radius 1 is 1.30 bits per heavy atom. The Bertz CT molecular complexity index is 1240. The van der Waals surface area contributed by atoms with Crippen molar-refractivity contribution in [3.05, 3.63) is 62.8 Å². The summed E-state index contributed by atoms with van der Waals surface area (Å²) in [4.78, 5) is 26.2. The van der Waals surface area contributed by atoms with Crippen molar-refractivity contribution in [3.63, 3.8) is 0 Å². The molecule has 0 aliphatic carbocycles. The zero-order valence-corrected chi connectivity index (χ0v) is 18.5. The number of phenols is 1. The quantitative estimate of drug-likeness (QED) is 0.415. The van der Waals surface area contributed by atoms with Crippen molar-refractivity contribution in [1.82, 2.24) is 10.4 Å². The van der Waals surface area contributed by atoms with Gasteiger partial charge in [0.05, 0.1) is 17.0 Å². The molecule has 2 N–H and O–H groups in total. The van der Waals surface area contributed by atoms with Crippen LogP contribution in [0.25, 0.3) is 16.2 Å². The molecule has 3 aromatic rings. The fourth-order valence-corrected chi connectivity index (χ4v) is 5.40. The van der Waals surface area contributed by atoms with Crippen molar-refractivity contribution in [3.8, 4) is 11.5 Å². The van der Waals surface area contributed by atoms with Crippen molar-refractivity contribution in [2.24, 2.45) is 0 Å². The molecule has 6 nitrogen and oxygen atoms in total. The average Bonchev–Trinajstić information content (AvgIpc) is 3.21. The highest BCUT2D eigenvalue weighted by molar-refractivity contribution is 8.26. The lowest BCUT2D eigenvalue weighted by Crippen LogP contribution is -2.44. The number of nitrogens with one attached hydrogen (secondary N) is 1. The lowest BCUT2D eigenvalue weighted by atomic mass is 10.2. The van der Waals surface area contributed by atoms with Crippen LogP contribution >= 0.6 is 46.9 Å². The summed E-state index contributed by atoms with van der Waals surface area (Å²) in [5.41, 5.74) is 3.19. The molecule has 4 rings (SSSR count). The number of hydrazine groups is 1. The Morgan fingerprint density at radius 3 is 2.80 bits per heavy atom. The van der Waals surface area contributed by atoms with Crippen LogP contribution in [-0.2, 0) is 4.79 Å². The molecule has 0 radical (unpaired) electrons. The molecule has 0 unspecified atom stereocenters. The number of halogens is 1. The van der Waals surface area contributed by atoms with Gasteiger partial charge in [0.1, 0.15) is 4.88 Å². The van der Waals surface area contributed by atoms with E-state index in [2.05, 4.69) is 5.43 Å². The highest BCUT2D eigenvalue weighted by Gasteiger charge is 2.34. The topological polar surface area (TPSA) is 78.9 Å². The van der Waals surface area contributed by atoms with Crippen LogP contribution in [0.2, 0.25) is 5.02 Å². The number of hydrogen-bond donors (Lipinski definition) is 2. The second kappa shape index (κ2) is 8.27. The van der Waals surface area contributed by atoms with Gasteiger partial charge in [0.25, 0.3) is 11.8 Å². The van der Waals surface area contributed by atoms with Gasteiger partial charge in [0, 0.05) is 10.1 Å². The molecule has 1 saturated heterocycles. The molecule has 1 fully saturated rings. The van der Waals surface area contributed by atoms with E-state index in [0.29, 0.717) is 20.4 Å². The summed E-state index contributed by atoms with van der Waals surface area (Å²) >= 11 is 13.9. The van der Waals surface area contributed by atoms with Gasteiger partial charge in [-0.25, -0.2) is 0 Å². The predicted octanol–water partition coefficient (Wildman–Crippen LogP) is 4.82. The van der Waals surface area contributed by atoms with E-state index in [4.69, 9.17) is 28.6 Å². The second-order valence-corrected chi connectivity index (χ2v) is 9.24. The van der Waals surface area contributed by atoms with E-state index >= 15 is 0 Å². The Kier molecular flexibility index (Phi) is 5.70. The lowest BCUT2D eigenvalue weighted by Gasteiger charge is -2.15. The Balaban J connectivity index is 1.57. The van der Waals surface area contributed by atoms with Gasteiger partial charge in [-0.3, -0.25) is 15.0 Å². The van der Waals surface area contributed by atoms with Gasteiger partial charge in [-0.2, -0.15) is 5.01 Å². The number of methoxy groups -OCH3 is 1. The third-order valence-corrected chi connectivity index (χ3v) is 7.23.